The van der Waals surface area contributed by atoms with Gasteiger partial charge in [-0.05, 0) is 42.9 Å². The molecular weight excluding hydrogens is 372 g/mol. The predicted molar refractivity (Wildman–Crippen MR) is 117 cm³/mol. The number of nitrogens with two attached hydrogens (primary N) is 1. The van der Waals surface area contributed by atoms with Crippen molar-refractivity contribution in [3.63, 3.8) is 0 Å². The van der Waals surface area contributed by atoms with Crippen LogP contribution in [0.15, 0.2) is 59.2 Å². The maximum atomic E-state index is 9.26. The van der Waals surface area contributed by atoms with Gasteiger partial charge in [-0.2, -0.15) is 0 Å². The van der Waals surface area contributed by atoms with E-state index in [0.717, 1.165) is 42.8 Å². The number of aryl methyl sites for hydroxylation is 2. The van der Waals surface area contributed by atoms with Crippen molar-refractivity contribution in [1.82, 2.24) is 4.98 Å². The predicted octanol–water partition coefficient (Wildman–Crippen LogP) is 5.03. The maximum absolute atomic E-state index is 9.26. The number of aromatic nitrogens is 1. The molecule has 0 spiro atoms. The van der Waals surface area contributed by atoms with Crippen LogP contribution >= 0.6 is 12.4 Å². The van der Waals surface area contributed by atoms with E-state index in [2.05, 4.69) is 60.4 Å². The minimum atomic E-state index is -0.521. The third-order valence-corrected chi connectivity index (χ3v) is 4.83. The first-order valence-corrected chi connectivity index (χ1v) is 9.54. The van der Waals surface area contributed by atoms with Crippen LogP contribution in [0.25, 0.3) is 22.4 Å². The van der Waals surface area contributed by atoms with E-state index in [0.29, 0.717) is 0 Å². The molecule has 0 saturated carbocycles. The zero-order chi connectivity index (χ0) is 19.3. The van der Waals surface area contributed by atoms with Gasteiger partial charge in [0.2, 0.25) is 0 Å². The number of halogens is 1. The quantitative estimate of drug-likeness (QED) is 0.556. The molecule has 3 N–H and O–H groups in total. The Hall–Kier alpha value is -2.14. The topological polar surface area (TPSA) is 72.3 Å². The van der Waals surface area contributed by atoms with Crippen LogP contribution in [-0.4, -0.2) is 22.2 Å². The molecule has 28 heavy (non-hydrogen) atoms. The number of benzene rings is 2. The monoisotopic (exact) mass is 400 g/mol. The number of hydrogen-bond donors (Lipinski definition) is 2. The van der Waals surface area contributed by atoms with E-state index < -0.39 is 5.54 Å². The highest BCUT2D eigenvalue weighted by molar-refractivity contribution is 5.85. The fraction of sp³-hybridized carbons (Fsp3) is 0.348. The Kier molecular flexibility index (Phi) is 7.81. The van der Waals surface area contributed by atoms with Gasteiger partial charge in [-0.3, -0.25) is 0 Å². The highest BCUT2D eigenvalue weighted by atomic mass is 35.5. The summed E-state index contributed by atoms with van der Waals surface area (Å²) in [6, 6.07) is 16.9. The molecule has 1 atom stereocenters. The highest BCUT2D eigenvalue weighted by Gasteiger charge is 2.16. The fourth-order valence-electron chi connectivity index (χ4n) is 2.98. The zero-order valence-electron chi connectivity index (χ0n) is 16.5. The fourth-order valence-corrected chi connectivity index (χ4v) is 2.98. The van der Waals surface area contributed by atoms with Crippen molar-refractivity contribution in [3.05, 3.63) is 66.2 Å². The number of rotatable bonds is 8. The largest absolute Gasteiger partial charge is 0.448 e. The molecule has 0 fully saturated rings. The average molecular weight is 401 g/mol. The molecule has 0 unspecified atom stereocenters. The molecule has 1 aromatic heterocycles. The molecule has 0 aliphatic heterocycles. The standard InChI is InChI=1S/C23H28N2O2.ClH/c1-3-4-22-25-21(15-27-22)20-11-9-19(10-12-20)18-7-5-17(6-8-18)13-14-23(2,24)16-26;/h5-12,15,26H,3-4,13-14,16,24H2,1-2H3;1H/t23-;/m1./s1. The summed E-state index contributed by atoms with van der Waals surface area (Å²) in [4.78, 5) is 4.54. The van der Waals surface area contributed by atoms with Crippen LogP contribution in [0.4, 0.5) is 0 Å². The lowest BCUT2D eigenvalue weighted by atomic mass is 9.94. The van der Waals surface area contributed by atoms with Crippen LogP contribution in [0.5, 0.6) is 0 Å². The molecule has 2 aromatic carbocycles. The van der Waals surface area contributed by atoms with Crippen LogP contribution in [0.1, 0.15) is 38.1 Å². The van der Waals surface area contributed by atoms with Gasteiger partial charge in [-0.25, -0.2) is 4.98 Å². The van der Waals surface area contributed by atoms with Crippen molar-refractivity contribution in [1.29, 1.82) is 0 Å². The van der Waals surface area contributed by atoms with Gasteiger partial charge in [0.05, 0.1) is 6.61 Å². The lowest BCUT2D eigenvalue weighted by molar-refractivity contribution is 0.200. The number of aliphatic hydroxyl groups excluding tert-OH is 1. The first-order valence-electron chi connectivity index (χ1n) is 9.54. The van der Waals surface area contributed by atoms with E-state index in [9.17, 15) is 5.11 Å². The van der Waals surface area contributed by atoms with E-state index >= 15 is 0 Å². The average Bonchev–Trinajstić information content (AvgIpc) is 3.16. The van der Waals surface area contributed by atoms with Gasteiger partial charge in [0.1, 0.15) is 12.0 Å². The molecule has 150 valence electrons. The Morgan fingerprint density at radius 2 is 1.54 bits per heavy atom. The maximum Gasteiger partial charge on any atom is 0.194 e. The van der Waals surface area contributed by atoms with Gasteiger partial charge >= 0.3 is 0 Å². The molecule has 0 saturated heterocycles. The normalized spacial score (nSPS) is 13.0. The SMILES string of the molecule is CCCc1nc(-c2ccc(-c3ccc(CC[C@@](C)(N)CO)cc3)cc2)co1.Cl. The van der Waals surface area contributed by atoms with E-state index in [1.165, 1.54) is 16.7 Å². The Labute approximate surface area is 173 Å². The van der Waals surface area contributed by atoms with Crippen LogP contribution in [0, 0.1) is 0 Å². The van der Waals surface area contributed by atoms with E-state index in [1.807, 2.05) is 6.92 Å². The Morgan fingerprint density at radius 1 is 0.964 bits per heavy atom. The second kappa shape index (κ2) is 9.87. The van der Waals surface area contributed by atoms with E-state index in [4.69, 9.17) is 10.2 Å². The number of nitrogens with zero attached hydrogens (tertiary/aromatic N) is 1. The lowest BCUT2D eigenvalue weighted by Crippen LogP contribution is -2.40. The number of aliphatic hydroxyl groups is 1. The van der Waals surface area contributed by atoms with Crippen LogP contribution in [0.2, 0.25) is 0 Å². The summed E-state index contributed by atoms with van der Waals surface area (Å²) in [5.74, 6) is 0.793. The van der Waals surface area contributed by atoms with Crippen LogP contribution in [0.3, 0.4) is 0 Å². The first-order chi connectivity index (χ1) is 13.0. The molecule has 5 heteroatoms. The second-order valence-corrected chi connectivity index (χ2v) is 7.46. The van der Waals surface area contributed by atoms with Gasteiger partial charge < -0.3 is 15.3 Å². The summed E-state index contributed by atoms with van der Waals surface area (Å²) < 4.78 is 5.51. The Balaban J connectivity index is 0.00000280. The van der Waals surface area contributed by atoms with Gasteiger partial charge in [0, 0.05) is 17.5 Å². The summed E-state index contributed by atoms with van der Waals surface area (Å²) in [6.45, 7) is 4.00. The minimum absolute atomic E-state index is 0. The molecule has 0 bridgehead atoms. The van der Waals surface area contributed by atoms with Crippen molar-refractivity contribution in [2.75, 3.05) is 6.61 Å². The van der Waals surface area contributed by atoms with E-state index in [-0.39, 0.29) is 19.0 Å². The number of oxazole rings is 1. The summed E-state index contributed by atoms with van der Waals surface area (Å²) >= 11 is 0. The highest BCUT2D eigenvalue weighted by Crippen LogP contribution is 2.25. The number of hydrogen-bond acceptors (Lipinski definition) is 4. The minimum Gasteiger partial charge on any atom is -0.448 e. The summed E-state index contributed by atoms with van der Waals surface area (Å²) in [6.07, 6.45) is 5.24. The molecule has 0 radical (unpaired) electrons. The van der Waals surface area contributed by atoms with Gasteiger partial charge in [0.25, 0.3) is 0 Å². The van der Waals surface area contributed by atoms with Crippen molar-refractivity contribution in [3.8, 4) is 22.4 Å². The van der Waals surface area contributed by atoms with E-state index in [1.54, 1.807) is 6.26 Å². The third-order valence-electron chi connectivity index (χ3n) is 4.83. The summed E-state index contributed by atoms with van der Waals surface area (Å²) in [7, 11) is 0. The summed E-state index contributed by atoms with van der Waals surface area (Å²) in [5.41, 5.74) is 11.0. The smallest absolute Gasteiger partial charge is 0.194 e. The second-order valence-electron chi connectivity index (χ2n) is 7.46. The third kappa shape index (κ3) is 5.68. The lowest BCUT2D eigenvalue weighted by Gasteiger charge is -2.21. The molecule has 0 aliphatic rings. The molecule has 0 aliphatic carbocycles. The van der Waals surface area contributed by atoms with Gasteiger partial charge in [-0.15, -0.1) is 12.4 Å². The summed E-state index contributed by atoms with van der Waals surface area (Å²) in [5, 5.41) is 9.26. The Morgan fingerprint density at radius 3 is 2.11 bits per heavy atom. The van der Waals surface area contributed by atoms with Crippen LogP contribution < -0.4 is 5.73 Å². The Bertz CT molecular complexity index is 855. The van der Waals surface area contributed by atoms with Crippen molar-refractivity contribution < 1.29 is 9.52 Å². The van der Waals surface area contributed by atoms with Crippen molar-refractivity contribution >= 4 is 12.4 Å². The van der Waals surface area contributed by atoms with Gasteiger partial charge in [-0.1, -0.05) is 55.5 Å². The molecule has 4 nitrogen and oxygen atoms in total. The van der Waals surface area contributed by atoms with Crippen molar-refractivity contribution in [2.24, 2.45) is 5.73 Å². The first kappa shape index (κ1) is 22.2. The van der Waals surface area contributed by atoms with Gasteiger partial charge in [0.15, 0.2) is 5.89 Å². The van der Waals surface area contributed by atoms with Crippen LogP contribution in [-0.2, 0) is 12.8 Å². The molecular formula is C23H29ClN2O2. The molecule has 3 rings (SSSR count). The van der Waals surface area contributed by atoms with Crippen molar-refractivity contribution in [2.45, 2.75) is 45.1 Å². The molecule has 3 aromatic rings. The zero-order valence-corrected chi connectivity index (χ0v) is 17.3. The molecule has 1 heterocycles. The molecule has 0 amide bonds.